The van der Waals surface area contributed by atoms with Crippen LogP contribution in [0.2, 0.25) is 5.02 Å². The summed E-state index contributed by atoms with van der Waals surface area (Å²) >= 11 is 6.15. The van der Waals surface area contributed by atoms with Gasteiger partial charge in [0.2, 0.25) is 0 Å². The summed E-state index contributed by atoms with van der Waals surface area (Å²) in [6.45, 7) is 5.16. The van der Waals surface area contributed by atoms with Crippen LogP contribution in [0.4, 0.5) is 0 Å². The van der Waals surface area contributed by atoms with Crippen molar-refractivity contribution in [3.63, 3.8) is 0 Å². The summed E-state index contributed by atoms with van der Waals surface area (Å²) in [4.78, 5) is 0. The van der Waals surface area contributed by atoms with E-state index in [-0.39, 0.29) is 0 Å². The summed E-state index contributed by atoms with van der Waals surface area (Å²) in [7, 11) is 0. The van der Waals surface area contributed by atoms with Crippen LogP contribution in [-0.2, 0) is 6.42 Å². The normalized spacial score (nSPS) is 16.8. The highest BCUT2D eigenvalue weighted by molar-refractivity contribution is 6.30. The third-order valence-corrected chi connectivity index (χ3v) is 3.61. The van der Waals surface area contributed by atoms with Gasteiger partial charge >= 0.3 is 0 Å². The van der Waals surface area contributed by atoms with E-state index in [2.05, 4.69) is 24.4 Å². The first-order valence-electron chi connectivity index (χ1n) is 6.91. The molecule has 100 valence electrons. The minimum absolute atomic E-state index is 0.757. The highest BCUT2D eigenvalue weighted by atomic mass is 35.5. The average molecular weight is 268 g/mol. The van der Waals surface area contributed by atoms with Crippen LogP contribution in [0.15, 0.2) is 18.2 Å². The van der Waals surface area contributed by atoms with Gasteiger partial charge in [-0.05, 0) is 68.5 Å². The van der Waals surface area contributed by atoms with Crippen LogP contribution in [0.5, 0.6) is 5.75 Å². The second kappa shape index (κ2) is 7.01. The molecule has 0 saturated carbocycles. The molecule has 1 saturated heterocycles. The monoisotopic (exact) mass is 267 g/mol. The molecule has 0 unspecified atom stereocenters. The molecule has 0 amide bonds. The summed E-state index contributed by atoms with van der Waals surface area (Å²) in [6.07, 6.45) is 4.66. The number of hydrogen-bond acceptors (Lipinski definition) is 2. The lowest BCUT2D eigenvalue weighted by atomic mass is 9.91. The van der Waals surface area contributed by atoms with Crippen LogP contribution in [-0.4, -0.2) is 19.7 Å². The molecule has 1 aliphatic rings. The Morgan fingerprint density at radius 2 is 2.06 bits per heavy atom. The van der Waals surface area contributed by atoms with Gasteiger partial charge in [0.15, 0.2) is 0 Å². The molecule has 1 N–H and O–H groups in total. The number of halogens is 1. The van der Waals surface area contributed by atoms with E-state index >= 15 is 0 Å². The van der Waals surface area contributed by atoms with Crippen molar-refractivity contribution >= 4 is 11.6 Å². The van der Waals surface area contributed by atoms with E-state index in [0.717, 1.165) is 49.2 Å². The van der Waals surface area contributed by atoms with E-state index in [9.17, 15) is 0 Å². The maximum atomic E-state index is 6.15. The number of rotatable bonds is 5. The van der Waals surface area contributed by atoms with Gasteiger partial charge in [0, 0.05) is 5.02 Å². The molecule has 0 bridgehead atoms. The van der Waals surface area contributed by atoms with Crippen molar-refractivity contribution in [2.75, 3.05) is 19.7 Å². The van der Waals surface area contributed by atoms with Crippen molar-refractivity contribution < 1.29 is 4.74 Å². The Hall–Kier alpha value is -0.730. The third-order valence-electron chi connectivity index (χ3n) is 3.39. The van der Waals surface area contributed by atoms with E-state index in [1.165, 1.54) is 18.4 Å². The molecule has 3 heteroatoms. The standard InChI is InChI=1S/C15H22ClNO/c1-2-7-18-15-10-13(9-14(16)11-15)8-12-3-5-17-6-4-12/h9-12,17H,2-8H2,1H3. The summed E-state index contributed by atoms with van der Waals surface area (Å²) in [5, 5.41) is 4.19. The first-order valence-corrected chi connectivity index (χ1v) is 7.28. The summed E-state index contributed by atoms with van der Waals surface area (Å²) in [5.41, 5.74) is 1.31. The van der Waals surface area contributed by atoms with E-state index in [1.54, 1.807) is 0 Å². The Labute approximate surface area is 115 Å². The molecule has 18 heavy (non-hydrogen) atoms. The Kier molecular flexibility index (Phi) is 5.33. The van der Waals surface area contributed by atoms with Crippen molar-refractivity contribution in [2.24, 2.45) is 5.92 Å². The van der Waals surface area contributed by atoms with E-state index in [1.807, 2.05) is 6.07 Å². The highest BCUT2D eigenvalue weighted by Crippen LogP contribution is 2.25. The van der Waals surface area contributed by atoms with Gasteiger partial charge in [-0.1, -0.05) is 18.5 Å². The van der Waals surface area contributed by atoms with Gasteiger partial charge in [-0.2, -0.15) is 0 Å². The predicted molar refractivity (Wildman–Crippen MR) is 76.5 cm³/mol. The lowest BCUT2D eigenvalue weighted by Gasteiger charge is -2.22. The second-order valence-electron chi connectivity index (χ2n) is 5.04. The van der Waals surface area contributed by atoms with Gasteiger partial charge in [-0.15, -0.1) is 0 Å². The first-order chi connectivity index (χ1) is 8.78. The fraction of sp³-hybridized carbons (Fsp3) is 0.600. The zero-order chi connectivity index (χ0) is 12.8. The number of benzene rings is 1. The smallest absolute Gasteiger partial charge is 0.121 e. The van der Waals surface area contributed by atoms with E-state index in [4.69, 9.17) is 16.3 Å². The topological polar surface area (TPSA) is 21.3 Å². The Morgan fingerprint density at radius 1 is 1.28 bits per heavy atom. The zero-order valence-corrected chi connectivity index (χ0v) is 11.8. The molecule has 1 aromatic carbocycles. The van der Waals surface area contributed by atoms with Crippen molar-refractivity contribution in [1.82, 2.24) is 5.32 Å². The van der Waals surface area contributed by atoms with Gasteiger partial charge in [-0.25, -0.2) is 0 Å². The molecule has 1 aromatic rings. The molecule has 0 aliphatic carbocycles. The van der Waals surface area contributed by atoms with Crippen molar-refractivity contribution in [3.8, 4) is 5.75 Å². The average Bonchev–Trinajstić information content (AvgIpc) is 2.37. The van der Waals surface area contributed by atoms with Crippen molar-refractivity contribution in [3.05, 3.63) is 28.8 Å². The molecule has 0 radical (unpaired) electrons. The Morgan fingerprint density at radius 3 is 2.78 bits per heavy atom. The first kappa shape index (κ1) is 13.7. The zero-order valence-electron chi connectivity index (χ0n) is 11.0. The number of piperidine rings is 1. The fourth-order valence-corrected chi connectivity index (χ4v) is 2.71. The molecule has 0 atom stereocenters. The third kappa shape index (κ3) is 4.18. The molecule has 0 aromatic heterocycles. The molecule has 2 nitrogen and oxygen atoms in total. The lowest BCUT2D eigenvalue weighted by molar-refractivity contribution is 0.316. The second-order valence-corrected chi connectivity index (χ2v) is 5.48. The van der Waals surface area contributed by atoms with Crippen LogP contribution < -0.4 is 10.1 Å². The maximum Gasteiger partial charge on any atom is 0.121 e. The minimum atomic E-state index is 0.757. The van der Waals surface area contributed by atoms with Gasteiger partial charge in [0.05, 0.1) is 6.61 Å². The molecule has 0 spiro atoms. The Balaban J connectivity index is 1.99. The fourth-order valence-electron chi connectivity index (χ4n) is 2.46. The maximum absolute atomic E-state index is 6.15. The van der Waals surface area contributed by atoms with Gasteiger partial charge in [0.1, 0.15) is 5.75 Å². The van der Waals surface area contributed by atoms with Crippen LogP contribution in [0, 0.1) is 5.92 Å². The van der Waals surface area contributed by atoms with Crippen LogP contribution in [0.1, 0.15) is 31.7 Å². The van der Waals surface area contributed by atoms with E-state index in [0.29, 0.717) is 0 Å². The number of hydrogen-bond donors (Lipinski definition) is 1. The van der Waals surface area contributed by atoms with Crippen molar-refractivity contribution in [2.45, 2.75) is 32.6 Å². The molecular weight excluding hydrogens is 246 g/mol. The van der Waals surface area contributed by atoms with Crippen LogP contribution >= 0.6 is 11.6 Å². The molecule has 1 heterocycles. The predicted octanol–water partition coefficient (Wildman–Crippen LogP) is 3.67. The lowest BCUT2D eigenvalue weighted by Crippen LogP contribution is -2.28. The van der Waals surface area contributed by atoms with Gasteiger partial charge in [0.25, 0.3) is 0 Å². The highest BCUT2D eigenvalue weighted by Gasteiger charge is 2.14. The quantitative estimate of drug-likeness (QED) is 0.879. The summed E-state index contributed by atoms with van der Waals surface area (Å²) < 4.78 is 5.67. The summed E-state index contributed by atoms with van der Waals surface area (Å²) in [6, 6.07) is 6.12. The molecule has 2 rings (SSSR count). The SMILES string of the molecule is CCCOc1cc(Cl)cc(CC2CCNCC2)c1. The van der Waals surface area contributed by atoms with E-state index < -0.39 is 0 Å². The minimum Gasteiger partial charge on any atom is -0.494 e. The van der Waals surface area contributed by atoms with Gasteiger partial charge < -0.3 is 10.1 Å². The van der Waals surface area contributed by atoms with Crippen LogP contribution in [0.3, 0.4) is 0 Å². The molecule has 1 aliphatic heterocycles. The van der Waals surface area contributed by atoms with Crippen LogP contribution in [0.25, 0.3) is 0 Å². The van der Waals surface area contributed by atoms with Gasteiger partial charge in [-0.3, -0.25) is 0 Å². The number of nitrogens with one attached hydrogen (secondary N) is 1. The molecule has 1 fully saturated rings. The van der Waals surface area contributed by atoms with Crippen molar-refractivity contribution in [1.29, 1.82) is 0 Å². The Bertz CT molecular complexity index is 375. The number of ether oxygens (including phenoxy) is 1. The summed E-state index contributed by atoms with van der Waals surface area (Å²) in [5.74, 6) is 1.69. The largest absolute Gasteiger partial charge is 0.494 e. The molecular formula is C15H22ClNO.